The molecule has 0 spiro atoms. The van der Waals surface area contributed by atoms with E-state index in [0.717, 1.165) is 38.9 Å². The molecule has 0 bridgehead atoms. The molecule has 1 aromatic rings. The molecule has 7 heteroatoms. The number of carbonyl (C=O) groups is 2. The molecule has 1 aliphatic heterocycles. The highest BCUT2D eigenvalue weighted by Crippen LogP contribution is 2.18. The topological polar surface area (TPSA) is 87.5 Å². The van der Waals surface area contributed by atoms with E-state index in [1.165, 1.54) is 0 Å². The Bertz CT molecular complexity index is 533. The molecule has 0 atom stereocenters. The molecule has 0 unspecified atom stereocenters. The molecule has 1 aromatic carbocycles. The van der Waals surface area contributed by atoms with Gasteiger partial charge in [-0.2, -0.15) is 0 Å². The van der Waals surface area contributed by atoms with Crippen molar-refractivity contribution in [3.8, 4) is 0 Å². The maximum Gasteiger partial charge on any atom is 0.316 e. The summed E-state index contributed by atoms with van der Waals surface area (Å²) in [5.74, 6) is 0.0156. The first kappa shape index (κ1) is 19.3. The fourth-order valence-corrected chi connectivity index (χ4v) is 2.85. The third-order valence-electron chi connectivity index (χ3n) is 3.85. The number of nitrogens with zero attached hydrogens (tertiary/aromatic N) is 1. The zero-order chi connectivity index (χ0) is 15.9. The number of hydrogen-bond acceptors (Lipinski definition) is 3. The Morgan fingerprint density at radius 1 is 1.35 bits per heavy atom. The van der Waals surface area contributed by atoms with Gasteiger partial charge in [-0.1, -0.05) is 13.0 Å². The molecular formula is C16H25ClN4O2. The summed E-state index contributed by atoms with van der Waals surface area (Å²) in [6.07, 6.45) is 2.88. The van der Waals surface area contributed by atoms with Crippen molar-refractivity contribution < 1.29 is 9.59 Å². The largest absolute Gasteiger partial charge is 0.351 e. The molecule has 4 N–H and O–H groups in total. The summed E-state index contributed by atoms with van der Waals surface area (Å²) >= 11 is 0. The zero-order valence-electron chi connectivity index (χ0n) is 13.4. The molecule has 1 aliphatic rings. The highest BCUT2D eigenvalue weighted by atomic mass is 35.5. The standard InChI is InChI=1S/C16H24N4O2.ClH/c1-2-10-20(14-6-8-18-9-7-14)15(21)12-4-3-5-13(11-12)19-16(17)22;/h3-5,11,14,18H,2,6-10H2,1H3,(H3,17,19,22);1H. The summed E-state index contributed by atoms with van der Waals surface area (Å²) in [5.41, 5.74) is 6.25. The summed E-state index contributed by atoms with van der Waals surface area (Å²) in [6, 6.07) is 6.57. The van der Waals surface area contributed by atoms with E-state index >= 15 is 0 Å². The van der Waals surface area contributed by atoms with Crippen LogP contribution in [0.2, 0.25) is 0 Å². The summed E-state index contributed by atoms with van der Waals surface area (Å²) in [7, 11) is 0. The summed E-state index contributed by atoms with van der Waals surface area (Å²) in [5, 5.41) is 5.83. The molecule has 128 valence electrons. The van der Waals surface area contributed by atoms with Gasteiger partial charge in [0.1, 0.15) is 0 Å². The minimum absolute atomic E-state index is 0. The number of nitrogens with one attached hydrogen (secondary N) is 2. The minimum atomic E-state index is -0.631. The SMILES string of the molecule is CCCN(C(=O)c1cccc(NC(N)=O)c1)C1CCNCC1.Cl. The summed E-state index contributed by atoms with van der Waals surface area (Å²) < 4.78 is 0. The van der Waals surface area contributed by atoms with Crippen LogP contribution in [-0.4, -0.2) is 42.5 Å². The van der Waals surface area contributed by atoms with E-state index in [1.807, 2.05) is 4.90 Å². The first-order valence-electron chi connectivity index (χ1n) is 7.80. The number of urea groups is 1. The predicted molar refractivity (Wildman–Crippen MR) is 94.1 cm³/mol. The monoisotopic (exact) mass is 340 g/mol. The highest BCUT2D eigenvalue weighted by Gasteiger charge is 2.25. The molecule has 6 nitrogen and oxygen atoms in total. The first-order chi connectivity index (χ1) is 10.6. The van der Waals surface area contributed by atoms with E-state index in [-0.39, 0.29) is 24.4 Å². The van der Waals surface area contributed by atoms with Gasteiger partial charge in [0.05, 0.1) is 0 Å². The minimum Gasteiger partial charge on any atom is -0.351 e. The molecule has 0 radical (unpaired) electrons. The number of hydrogen-bond donors (Lipinski definition) is 3. The molecule has 0 aliphatic carbocycles. The third kappa shape index (κ3) is 5.41. The van der Waals surface area contributed by atoms with Crippen molar-refractivity contribution in [2.45, 2.75) is 32.2 Å². The van der Waals surface area contributed by atoms with Crippen LogP contribution in [0.3, 0.4) is 0 Å². The van der Waals surface area contributed by atoms with Gasteiger partial charge in [-0.3, -0.25) is 4.79 Å². The lowest BCUT2D eigenvalue weighted by atomic mass is 10.0. The van der Waals surface area contributed by atoms with E-state index in [2.05, 4.69) is 17.6 Å². The smallest absolute Gasteiger partial charge is 0.316 e. The molecular weight excluding hydrogens is 316 g/mol. The van der Waals surface area contributed by atoms with Gasteiger partial charge in [0.2, 0.25) is 0 Å². The average Bonchev–Trinajstić information content (AvgIpc) is 2.52. The van der Waals surface area contributed by atoms with Gasteiger partial charge in [0.15, 0.2) is 0 Å². The van der Waals surface area contributed by atoms with Crippen molar-refractivity contribution in [3.63, 3.8) is 0 Å². The lowest BCUT2D eigenvalue weighted by Gasteiger charge is -2.34. The van der Waals surface area contributed by atoms with Crippen LogP contribution in [0.25, 0.3) is 0 Å². The molecule has 3 amide bonds. The molecule has 23 heavy (non-hydrogen) atoms. The Morgan fingerprint density at radius 3 is 2.65 bits per heavy atom. The third-order valence-corrected chi connectivity index (χ3v) is 3.85. The van der Waals surface area contributed by atoms with Crippen LogP contribution in [0.15, 0.2) is 24.3 Å². The fraction of sp³-hybridized carbons (Fsp3) is 0.500. The van der Waals surface area contributed by atoms with Crippen molar-refractivity contribution in [1.29, 1.82) is 0 Å². The van der Waals surface area contributed by atoms with E-state index in [4.69, 9.17) is 5.73 Å². The fourth-order valence-electron chi connectivity index (χ4n) is 2.85. The maximum atomic E-state index is 12.8. The average molecular weight is 341 g/mol. The Labute approximate surface area is 143 Å². The van der Waals surface area contributed by atoms with E-state index in [9.17, 15) is 9.59 Å². The van der Waals surface area contributed by atoms with Gasteiger partial charge < -0.3 is 21.3 Å². The maximum absolute atomic E-state index is 12.8. The van der Waals surface area contributed by atoms with E-state index in [0.29, 0.717) is 11.3 Å². The number of benzene rings is 1. The van der Waals surface area contributed by atoms with Gasteiger partial charge in [-0.15, -0.1) is 12.4 Å². The number of halogens is 1. The molecule has 1 fully saturated rings. The molecule has 0 saturated carbocycles. The summed E-state index contributed by atoms with van der Waals surface area (Å²) in [4.78, 5) is 25.7. The number of piperidine rings is 1. The lowest BCUT2D eigenvalue weighted by Crippen LogP contribution is -2.46. The normalized spacial score (nSPS) is 14.7. The number of carbonyl (C=O) groups excluding carboxylic acids is 2. The summed E-state index contributed by atoms with van der Waals surface area (Å²) in [6.45, 7) is 4.71. The number of amides is 3. The Hall–Kier alpha value is -1.79. The van der Waals surface area contributed by atoms with Crippen LogP contribution < -0.4 is 16.4 Å². The molecule has 2 rings (SSSR count). The Balaban J connectivity index is 0.00000264. The molecule has 1 saturated heterocycles. The second-order valence-electron chi connectivity index (χ2n) is 5.55. The molecule has 0 aromatic heterocycles. The van der Waals surface area contributed by atoms with Crippen LogP contribution in [0, 0.1) is 0 Å². The number of rotatable bonds is 5. The Morgan fingerprint density at radius 2 is 2.04 bits per heavy atom. The van der Waals surface area contributed by atoms with E-state index < -0.39 is 6.03 Å². The van der Waals surface area contributed by atoms with Crippen LogP contribution in [0.1, 0.15) is 36.5 Å². The quantitative estimate of drug-likeness (QED) is 0.767. The first-order valence-corrected chi connectivity index (χ1v) is 7.80. The highest BCUT2D eigenvalue weighted by molar-refractivity contribution is 5.96. The number of primary amides is 1. The second-order valence-corrected chi connectivity index (χ2v) is 5.55. The van der Waals surface area contributed by atoms with Crippen molar-refractivity contribution in [2.75, 3.05) is 25.0 Å². The molecule has 1 heterocycles. The van der Waals surface area contributed by atoms with Crippen molar-refractivity contribution in [2.24, 2.45) is 5.73 Å². The van der Waals surface area contributed by atoms with Gasteiger partial charge in [-0.25, -0.2) is 4.79 Å². The number of anilines is 1. The van der Waals surface area contributed by atoms with Crippen molar-refractivity contribution in [3.05, 3.63) is 29.8 Å². The van der Waals surface area contributed by atoms with Crippen LogP contribution in [0.4, 0.5) is 10.5 Å². The van der Waals surface area contributed by atoms with Gasteiger partial charge in [0.25, 0.3) is 5.91 Å². The van der Waals surface area contributed by atoms with Crippen molar-refractivity contribution >= 4 is 30.0 Å². The predicted octanol–water partition coefficient (Wildman–Crippen LogP) is 2.20. The number of nitrogens with two attached hydrogens (primary N) is 1. The van der Waals surface area contributed by atoms with Gasteiger partial charge >= 0.3 is 6.03 Å². The van der Waals surface area contributed by atoms with Crippen molar-refractivity contribution in [1.82, 2.24) is 10.2 Å². The van der Waals surface area contributed by atoms with Crippen LogP contribution in [0.5, 0.6) is 0 Å². The zero-order valence-corrected chi connectivity index (χ0v) is 14.2. The van der Waals surface area contributed by atoms with Crippen LogP contribution >= 0.6 is 12.4 Å². The van der Waals surface area contributed by atoms with E-state index in [1.54, 1.807) is 24.3 Å². The van der Waals surface area contributed by atoms with Gasteiger partial charge in [-0.05, 0) is 50.6 Å². The second kappa shape index (κ2) is 9.37. The van der Waals surface area contributed by atoms with Gasteiger partial charge in [0, 0.05) is 23.8 Å². The van der Waals surface area contributed by atoms with Crippen LogP contribution in [-0.2, 0) is 0 Å². The Kier molecular flexibility index (Phi) is 7.85. The lowest BCUT2D eigenvalue weighted by molar-refractivity contribution is 0.0642.